The molecule has 0 saturated carbocycles. The molecule has 3 aromatic carbocycles. The molecule has 4 aromatic heterocycles. The monoisotopic (exact) mass is 610 g/mol. The minimum atomic E-state index is 0.209. The van der Waals surface area contributed by atoms with Gasteiger partial charge in [0, 0.05) is 62.9 Å². The van der Waals surface area contributed by atoms with Crippen LogP contribution in [0, 0.1) is 11.8 Å². The number of allylic oxidation sites excluding steroid dienone is 14. The highest BCUT2D eigenvalue weighted by Gasteiger charge is 2.41. The Hall–Kier alpha value is -6.26. The topological polar surface area (TPSA) is 51.6 Å². The lowest BCUT2D eigenvalue weighted by Gasteiger charge is -2.42. The van der Waals surface area contributed by atoms with E-state index in [4.69, 9.17) is 19.9 Å². The van der Waals surface area contributed by atoms with Crippen LogP contribution in [0.25, 0.3) is 65.7 Å². The highest BCUT2D eigenvalue weighted by Crippen LogP contribution is 2.55. The number of nitrogens with zero attached hydrogens (tertiary/aromatic N) is 4. The summed E-state index contributed by atoms with van der Waals surface area (Å²) in [6, 6.07) is 27.7. The highest BCUT2D eigenvalue weighted by atomic mass is 14.7. The van der Waals surface area contributed by atoms with E-state index in [1.807, 2.05) is 30.7 Å². The number of hydrogen-bond acceptors (Lipinski definition) is 4. The van der Waals surface area contributed by atoms with Gasteiger partial charge in [0.25, 0.3) is 0 Å². The van der Waals surface area contributed by atoms with Crippen LogP contribution < -0.4 is 0 Å². The maximum atomic E-state index is 5.18. The number of hydrogen-bond donors (Lipinski definition) is 0. The van der Waals surface area contributed by atoms with Crippen LogP contribution in [0.3, 0.4) is 0 Å². The molecule has 0 saturated heterocycles. The average molecular weight is 611 g/mol. The van der Waals surface area contributed by atoms with Crippen molar-refractivity contribution in [2.75, 3.05) is 0 Å². The van der Waals surface area contributed by atoms with Crippen LogP contribution in [-0.4, -0.2) is 19.9 Å². The van der Waals surface area contributed by atoms with Crippen molar-refractivity contribution in [1.82, 2.24) is 19.9 Å². The molecule has 11 rings (SSSR count). The van der Waals surface area contributed by atoms with Gasteiger partial charge in [0.1, 0.15) is 0 Å². The van der Waals surface area contributed by atoms with Gasteiger partial charge in [-0.15, -0.1) is 0 Å². The molecule has 4 aliphatic rings. The molecular formula is C44H26N4. The van der Waals surface area contributed by atoms with Crippen molar-refractivity contribution >= 4 is 65.7 Å². The zero-order chi connectivity index (χ0) is 31.3. The number of pyridine rings is 4. The Balaban J connectivity index is 1.13. The van der Waals surface area contributed by atoms with Crippen molar-refractivity contribution < 1.29 is 0 Å². The molecule has 48 heavy (non-hydrogen) atoms. The van der Waals surface area contributed by atoms with Gasteiger partial charge in [-0.2, -0.15) is 0 Å². The summed E-state index contributed by atoms with van der Waals surface area (Å²) in [6.07, 6.45) is 24.3. The van der Waals surface area contributed by atoms with E-state index in [0.29, 0.717) is 0 Å². The molecule has 0 bridgehead atoms. The van der Waals surface area contributed by atoms with Crippen molar-refractivity contribution in [3.8, 4) is 0 Å². The lowest BCUT2D eigenvalue weighted by atomic mass is 9.61. The van der Waals surface area contributed by atoms with Crippen LogP contribution in [0.15, 0.2) is 168 Å². The van der Waals surface area contributed by atoms with Crippen molar-refractivity contribution in [2.45, 2.75) is 0 Å². The largest absolute Gasteiger partial charge is 0.254 e. The molecule has 0 fully saturated rings. The minimum Gasteiger partial charge on any atom is -0.254 e. The number of benzene rings is 3. The smallest absolute Gasteiger partial charge is 0.0978 e. The van der Waals surface area contributed by atoms with Crippen LogP contribution in [-0.2, 0) is 0 Å². The standard InChI is InChI=1S/C44H26N4/c1-2-8-37-35(7-1)40(36-20-14-28-6-4-23-46-42(28)44(36)48-37)33-18-12-26-10-16-31-29(15-9-25-11-17-32(33)39(26)38(25)31)30-21-24-47-43-34(30)19-13-27-5-3-22-45-41(27)43/h1-24,38-39H. The zero-order valence-corrected chi connectivity index (χ0v) is 25.8. The third kappa shape index (κ3) is 3.49. The summed E-state index contributed by atoms with van der Waals surface area (Å²) in [5, 5.41) is 5.63. The second kappa shape index (κ2) is 9.63. The average Bonchev–Trinajstić information content (AvgIpc) is 3.15. The van der Waals surface area contributed by atoms with Crippen molar-refractivity contribution in [3.63, 3.8) is 0 Å². The van der Waals surface area contributed by atoms with Crippen LogP contribution >= 0.6 is 0 Å². The first-order valence-electron chi connectivity index (χ1n) is 16.5. The van der Waals surface area contributed by atoms with Gasteiger partial charge in [0.2, 0.25) is 0 Å². The third-order valence-electron chi connectivity index (χ3n) is 10.6. The lowest BCUT2D eigenvalue weighted by Crippen LogP contribution is -2.30. The van der Waals surface area contributed by atoms with E-state index in [1.54, 1.807) is 0 Å². The fraction of sp³-hybridized carbons (Fsp3) is 0.0455. The van der Waals surface area contributed by atoms with E-state index < -0.39 is 0 Å². The van der Waals surface area contributed by atoms with Gasteiger partial charge in [0.05, 0.1) is 27.6 Å². The Labute approximate surface area is 276 Å². The van der Waals surface area contributed by atoms with Gasteiger partial charge in [-0.3, -0.25) is 15.0 Å². The van der Waals surface area contributed by atoms with Gasteiger partial charge in [0.15, 0.2) is 0 Å². The second-order valence-corrected chi connectivity index (χ2v) is 13.0. The van der Waals surface area contributed by atoms with Crippen molar-refractivity contribution in [1.29, 1.82) is 0 Å². The fourth-order valence-electron chi connectivity index (χ4n) is 8.52. The van der Waals surface area contributed by atoms with Gasteiger partial charge in [-0.05, 0) is 63.3 Å². The molecule has 0 N–H and O–H groups in total. The highest BCUT2D eigenvalue weighted by molar-refractivity contribution is 6.15. The van der Waals surface area contributed by atoms with Crippen LogP contribution in [0.1, 0.15) is 11.1 Å². The van der Waals surface area contributed by atoms with Gasteiger partial charge in [-0.25, -0.2) is 4.98 Å². The Morgan fingerprint density at radius 3 is 2.08 bits per heavy atom. The zero-order valence-electron chi connectivity index (χ0n) is 25.8. The van der Waals surface area contributed by atoms with Crippen LogP contribution in [0.4, 0.5) is 0 Å². The molecule has 2 atom stereocenters. The quantitative estimate of drug-likeness (QED) is 0.144. The van der Waals surface area contributed by atoms with Crippen LogP contribution in [0.5, 0.6) is 0 Å². The predicted molar refractivity (Wildman–Crippen MR) is 196 cm³/mol. The van der Waals surface area contributed by atoms with Gasteiger partial charge >= 0.3 is 0 Å². The van der Waals surface area contributed by atoms with E-state index in [1.165, 1.54) is 44.6 Å². The summed E-state index contributed by atoms with van der Waals surface area (Å²) < 4.78 is 0. The summed E-state index contributed by atoms with van der Waals surface area (Å²) in [6.45, 7) is 0. The molecule has 0 amide bonds. The maximum absolute atomic E-state index is 5.18. The Kier molecular flexibility index (Phi) is 5.19. The SMILES string of the molecule is C1=CC2=C(c3c4ccccc4nc4c3ccc3cccnc34)C=CC3=CC=C4C(c5ccnc6c5ccc5cccnc56)=CC=C1C4C32. The van der Waals surface area contributed by atoms with Gasteiger partial charge < -0.3 is 0 Å². The van der Waals surface area contributed by atoms with E-state index in [0.717, 1.165) is 54.5 Å². The van der Waals surface area contributed by atoms with Crippen molar-refractivity contribution in [2.24, 2.45) is 11.8 Å². The number of para-hydroxylation sites is 1. The molecule has 0 spiro atoms. The summed E-state index contributed by atoms with van der Waals surface area (Å²) in [4.78, 5) is 19.5. The Bertz CT molecular complexity index is 2840. The Morgan fingerprint density at radius 2 is 1.21 bits per heavy atom. The van der Waals surface area contributed by atoms with Crippen molar-refractivity contribution in [3.05, 3.63) is 179 Å². The molecule has 4 heteroatoms. The first kappa shape index (κ1) is 25.9. The Morgan fingerprint density at radius 1 is 0.479 bits per heavy atom. The molecule has 7 aromatic rings. The summed E-state index contributed by atoms with van der Waals surface area (Å²) in [7, 11) is 0. The normalized spacial score (nSPS) is 19.5. The van der Waals surface area contributed by atoms with Gasteiger partial charge in [-0.1, -0.05) is 103 Å². The maximum Gasteiger partial charge on any atom is 0.0978 e. The lowest BCUT2D eigenvalue weighted by molar-refractivity contribution is 0.569. The first-order valence-corrected chi connectivity index (χ1v) is 16.5. The molecule has 0 aliphatic heterocycles. The fourth-order valence-corrected chi connectivity index (χ4v) is 8.52. The summed E-state index contributed by atoms with van der Waals surface area (Å²) >= 11 is 0. The third-order valence-corrected chi connectivity index (χ3v) is 10.6. The summed E-state index contributed by atoms with van der Waals surface area (Å²) in [5.74, 6) is 0.426. The molecule has 2 unspecified atom stereocenters. The van der Waals surface area contributed by atoms with E-state index >= 15 is 0 Å². The molecule has 4 nitrogen and oxygen atoms in total. The summed E-state index contributed by atoms with van der Waals surface area (Å²) in [5.41, 5.74) is 15.1. The minimum absolute atomic E-state index is 0.209. The molecule has 4 heterocycles. The molecule has 222 valence electrons. The second-order valence-electron chi connectivity index (χ2n) is 13.0. The number of aromatic nitrogens is 4. The molecule has 4 aliphatic carbocycles. The molecular weight excluding hydrogens is 585 g/mol. The van der Waals surface area contributed by atoms with E-state index in [9.17, 15) is 0 Å². The predicted octanol–water partition coefficient (Wildman–Crippen LogP) is 10.0. The van der Waals surface area contributed by atoms with E-state index in [-0.39, 0.29) is 11.8 Å². The first-order chi connectivity index (χ1) is 23.8. The number of fused-ring (bicyclic) bond motifs is 7. The number of rotatable bonds is 2. The molecule has 0 radical (unpaired) electrons. The van der Waals surface area contributed by atoms with Crippen LogP contribution in [0.2, 0.25) is 0 Å². The van der Waals surface area contributed by atoms with E-state index in [2.05, 4.69) is 115 Å².